The van der Waals surface area contributed by atoms with E-state index in [1.54, 1.807) is 0 Å². The summed E-state index contributed by atoms with van der Waals surface area (Å²) in [6, 6.07) is 5.23. The lowest BCUT2D eigenvalue weighted by atomic mass is 10.3. The van der Waals surface area contributed by atoms with Gasteiger partial charge in [-0.2, -0.15) is 0 Å². The molecule has 1 N–H and O–H groups in total. The van der Waals surface area contributed by atoms with Gasteiger partial charge in [0.15, 0.2) is 5.69 Å². The van der Waals surface area contributed by atoms with E-state index < -0.39 is 5.97 Å². The van der Waals surface area contributed by atoms with Crippen LogP contribution < -0.4 is 0 Å². The first-order valence-electron chi connectivity index (χ1n) is 3.98. The number of carbonyl (C=O) groups is 1. The molecule has 2 aromatic heterocycles. The van der Waals surface area contributed by atoms with Gasteiger partial charge in [0.2, 0.25) is 0 Å². The lowest BCUT2D eigenvalue weighted by molar-refractivity contribution is 0.0690. The fourth-order valence-corrected chi connectivity index (χ4v) is 2.41. The number of aromatic nitrogens is 2. The van der Waals surface area contributed by atoms with E-state index in [0.29, 0.717) is 5.69 Å². The van der Waals surface area contributed by atoms with Crippen molar-refractivity contribution in [2.24, 2.45) is 0 Å². The van der Waals surface area contributed by atoms with Crippen molar-refractivity contribution in [2.75, 3.05) is 0 Å². The molecule has 0 bridgehead atoms. The van der Waals surface area contributed by atoms with Crippen molar-refractivity contribution in [1.82, 2.24) is 9.97 Å². The molecule has 0 spiro atoms. The van der Waals surface area contributed by atoms with Gasteiger partial charge < -0.3 is 5.11 Å². The second-order valence-corrected chi connectivity index (χ2v) is 5.16. The maximum atomic E-state index is 10.7. The van der Waals surface area contributed by atoms with Gasteiger partial charge in [0.25, 0.3) is 0 Å². The van der Waals surface area contributed by atoms with Crippen LogP contribution in [0.5, 0.6) is 0 Å². The molecule has 0 atom stereocenters. The zero-order valence-corrected chi connectivity index (χ0v) is 9.75. The summed E-state index contributed by atoms with van der Waals surface area (Å²) in [5, 5.41) is 8.77. The van der Waals surface area contributed by atoms with Crippen LogP contribution in [0.3, 0.4) is 0 Å². The highest BCUT2D eigenvalue weighted by atomic mass is 79.9. The Morgan fingerprint density at radius 2 is 2.20 bits per heavy atom. The quantitative estimate of drug-likeness (QED) is 0.921. The van der Waals surface area contributed by atoms with Gasteiger partial charge in [-0.15, -0.1) is 11.3 Å². The van der Waals surface area contributed by atoms with E-state index >= 15 is 0 Å². The molecule has 6 heteroatoms. The van der Waals surface area contributed by atoms with Gasteiger partial charge >= 0.3 is 5.97 Å². The van der Waals surface area contributed by atoms with Crippen LogP contribution in [0.15, 0.2) is 28.3 Å². The first kappa shape index (κ1) is 10.3. The van der Waals surface area contributed by atoms with Gasteiger partial charge in [0.05, 0.1) is 14.4 Å². The van der Waals surface area contributed by atoms with Crippen molar-refractivity contribution < 1.29 is 9.90 Å². The lowest BCUT2D eigenvalue weighted by Gasteiger charge is -1.97. The third kappa shape index (κ3) is 2.21. The number of aromatic carboxylic acids is 1. The maximum absolute atomic E-state index is 10.7. The van der Waals surface area contributed by atoms with Crippen molar-refractivity contribution in [3.63, 3.8) is 0 Å². The first-order chi connectivity index (χ1) is 7.16. The SMILES string of the molecule is O=C(O)c1cc(-c2ccc(Br)s2)ncn1. The van der Waals surface area contributed by atoms with Crippen LogP contribution >= 0.6 is 27.3 Å². The maximum Gasteiger partial charge on any atom is 0.354 e. The number of rotatable bonds is 2. The molecule has 0 aliphatic heterocycles. The number of hydrogen-bond donors (Lipinski definition) is 1. The smallest absolute Gasteiger partial charge is 0.354 e. The van der Waals surface area contributed by atoms with Crippen molar-refractivity contribution in [1.29, 1.82) is 0 Å². The topological polar surface area (TPSA) is 63.1 Å². The number of hydrogen-bond acceptors (Lipinski definition) is 4. The Hall–Kier alpha value is -1.27. The molecule has 15 heavy (non-hydrogen) atoms. The number of thiophene rings is 1. The second-order valence-electron chi connectivity index (χ2n) is 2.70. The van der Waals surface area contributed by atoms with Crippen LogP contribution in [0.4, 0.5) is 0 Å². The summed E-state index contributed by atoms with van der Waals surface area (Å²) in [7, 11) is 0. The Morgan fingerprint density at radius 1 is 1.40 bits per heavy atom. The molecule has 2 aromatic rings. The standard InChI is InChI=1S/C9H5BrN2O2S/c10-8-2-1-7(15-8)5-3-6(9(13)14)12-4-11-5/h1-4H,(H,13,14). The normalized spacial score (nSPS) is 10.2. The summed E-state index contributed by atoms with van der Waals surface area (Å²) in [5.41, 5.74) is 0.627. The zero-order chi connectivity index (χ0) is 10.8. The average molecular weight is 285 g/mol. The Labute approximate surface area is 97.8 Å². The minimum Gasteiger partial charge on any atom is -0.477 e. The summed E-state index contributed by atoms with van der Waals surface area (Å²) in [5.74, 6) is -1.05. The first-order valence-corrected chi connectivity index (χ1v) is 5.59. The van der Waals surface area contributed by atoms with E-state index in [9.17, 15) is 4.79 Å². The Bertz CT molecular complexity index is 512. The second kappa shape index (κ2) is 4.08. The fourth-order valence-electron chi connectivity index (χ4n) is 1.06. The minimum absolute atomic E-state index is 0.00419. The number of nitrogens with zero attached hydrogens (tertiary/aromatic N) is 2. The van der Waals surface area contributed by atoms with Crippen molar-refractivity contribution in [2.45, 2.75) is 0 Å². The molecule has 0 fully saturated rings. The van der Waals surface area contributed by atoms with E-state index in [0.717, 1.165) is 8.66 Å². The van der Waals surface area contributed by atoms with Crippen molar-refractivity contribution >= 4 is 33.2 Å². The predicted octanol–water partition coefficient (Wildman–Crippen LogP) is 2.67. The van der Waals surface area contributed by atoms with Gasteiger partial charge in [0.1, 0.15) is 6.33 Å². The molecule has 0 aromatic carbocycles. The molecule has 0 amide bonds. The van der Waals surface area contributed by atoms with Crippen LogP contribution in [0.1, 0.15) is 10.5 Å². The van der Waals surface area contributed by atoms with Gasteiger partial charge in [-0.25, -0.2) is 14.8 Å². The van der Waals surface area contributed by atoms with E-state index in [4.69, 9.17) is 5.11 Å². The highest BCUT2D eigenvalue weighted by Crippen LogP contribution is 2.29. The monoisotopic (exact) mass is 284 g/mol. The van der Waals surface area contributed by atoms with Crippen molar-refractivity contribution in [3.05, 3.63) is 34.0 Å². The van der Waals surface area contributed by atoms with Crippen LogP contribution in [-0.4, -0.2) is 21.0 Å². The molecule has 0 aliphatic rings. The third-order valence-corrected chi connectivity index (χ3v) is 3.36. The highest BCUT2D eigenvalue weighted by molar-refractivity contribution is 9.11. The summed E-state index contributed by atoms with van der Waals surface area (Å²) >= 11 is 4.83. The van der Waals surface area contributed by atoms with Crippen molar-refractivity contribution in [3.8, 4) is 10.6 Å². The van der Waals surface area contributed by atoms with Crippen LogP contribution in [0.25, 0.3) is 10.6 Å². The van der Waals surface area contributed by atoms with Crippen LogP contribution in [-0.2, 0) is 0 Å². The predicted molar refractivity (Wildman–Crippen MR) is 60.0 cm³/mol. The Kier molecular flexibility index (Phi) is 2.79. The molecule has 0 unspecified atom stereocenters. The zero-order valence-electron chi connectivity index (χ0n) is 7.35. The van der Waals surface area contributed by atoms with Gasteiger partial charge in [0, 0.05) is 0 Å². The number of carboxylic acids is 1. The highest BCUT2D eigenvalue weighted by Gasteiger charge is 2.08. The molecule has 2 heterocycles. The van der Waals surface area contributed by atoms with Gasteiger partial charge in [-0.05, 0) is 34.1 Å². The Morgan fingerprint density at radius 3 is 2.80 bits per heavy atom. The molecule has 2 rings (SSSR count). The summed E-state index contributed by atoms with van der Waals surface area (Å²) in [4.78, 5) is 19.3. The van der Waals surface area contributed by atoms with E-state index in [1.165, 1.54) is 23.7 Å². The molecule has 4 nitrogen and oxygen atoms in total. The molecule has 0 saturated carbocycles. The Balaban J connectivity index is 2.45. The number of carboxylic acid groups (broad SMARTS) is 1. The molecule has 0 aliphatic carbocycles. The summed E-state index contributed by atoms with van der Waals surface area (Å²) < 4.78 is 0.980. The van der Waals surface area contributed by atoms with Crippen LogP contribution in [0, 0.1) is 0 Å². The average Bonchev–Trinajstić information content (AvgIpc) is 2.65. The lowest BCUT2D eigenvalue weighted by Crippen LogP contribution is -2.00. The molecule has 76 valence electrons. The summed E-state index contributed by atoms with van der Waals surface area (Å²) in [6.45, 7) is 0. The largest absolute Gasteiger partial charge is 0.477 e. The minimum atomic E-state index is -1.05. The van der Waals surface area contributed by atoms with Gasteiger partial charge in [-0.3, -0.25) is 0 Å². The third-order valence-electron chi connectivity index (χ3n) is 1.71. The molecule has 0 radical (unpaired) electrons. The molecular formula is C9H5BrN2O2S. The van der Waals surface area contributed by atoms with E-state index in [2.05, 4.69) is 25.9 Å². The van der Waals surface area contributed by atoms with E-state index in [-0.39, 0.29) is 5.69 Å². The van der Waals surface area contributed by atoms with Gasteiger partial charge in [-0.1, -0.05) is 0 Å². The van der Waals surface area contributed by atoms with E-state index in [1.807, 2.05) is 12.1 Å². The number of halogens is 1. The summed E-state index contributed by atoms with van der Waals surface area (Å²) in [6.07, 6.45) is 1.26. The molecular weight excluding hydrogens is 280 g/mol. The fraction of sp³-hybridized carbons (Fsp3) is 0. The molecule has 0 saturated heterocycles. The van der Waals surface area contributed by atoms with Crippen LogP contribution in [0.2, 0.25) is 0 Å².